The van der Waals surface area contributed by atoms with Crippen LogP contribution in [0.4, 0.5) is 17.6 Å². The zero-order valence-electron chi connectivity index (χ0n) is 22.1. The molecule has 0 amide bonds. The fourth-order valence-electron chi connectivity index (χ4n) is 4.61. The van der Waals surface area contributed by atoms with Crippen LogP contribution >= 0.6 is 0 Å². The number of esters is 1. The number of aromatic nitrogens is 1. The fraction of sp³-hybridized carbons (Fsp3) is 0.357. The fourth-order valence-corrected chi connectivity index (χ4v) is 9.18. The summed E-state index contributed by atoms with van der Waals surface area (Å²) in [5.41, 5.74) is 5.79. The molecule has 6 nitrogen and oxygen atoms in total. The van der Waals surface area contributed by atoms with Gasteiger partial charge in [-0.25, -0.2) is 9.18 Å². The zero-order valence-corrected chi connectivity index (χ0v) is 23.1. The molecule has 0 bridgehead atoms. The molecule has 0 saturated carbocycles. The Morgan fingerprint density at radius 2 is 1.49 bits per heavy atom. The van der Waals surface area contributed by atoms with Gasteiger partial charge in [-0.2, -0.15) is 13.2 Å². The van der Waals surface area contributed by atoms with E-state index in [-0.39, 0.29) is 6.61 Å². The van der Waals surface area contributed by atoms with Crippen LogP contribution in [0.2, 0.25) is 5.04 Å². The van der Waals surface area contributed by atoms with Gasteiger partial charge in [0.05, 0.1) is 18.8 Å². The number of carbonyl (C=O) groups excluding carboxylic acids is 1. The summed E-state index contributed by atoms with van der Waals surface area (Å²) in [7, 11) is -1.77. The van der Waals surface area contributed by atoms with Crippen molar-refractivity contribution in [3.63, 3.8) is 0 Å². The van der Waals surface area contributed by atoms with E-state index >= 15 is 0 Å². The van der Waals surface area contributed by atoms with Crippen molar-refractivity contribution in [1.29, 1.82) is 0 Å². The number of ether oxygens (including phenoxy) is 2. The van der Waals surface area contributed by atoms with E-state index in [1.54, 1.807) is 0 Å². The summed E-state index contributed by atoms with van der Waals surface area (Å²) >= 11 is 0. The van der Waals surface area contributed by atoms with Crippen LogP contribution in [-0.4, -0.2) is 51.3 Å². The molecule has 3 atom stereocenters. The minimum absolute atomic E-state index is 0.181. The summed E-state index contributed by atoms with van der Waals surface area (Å²) in [4.78, 5) is 15.6. The number of rotatable bonds is 10. The largest absolute Gasteiger partial charge is 0.490 e. The Hall–Kier alpha value is -3.12. The van der Waals surface area contributed by atoms with Crippen LogP contribution < -0.4 is 16.1 Å². The minimum Gasteiger partial charge on any atom is -0.447 e. The first-order valence-electron chi connectivity index (χ1n) is 12.2. The van der Waals surface area contributed by atoms with Gasteiger partial charge in [0.25, 0.3) is 8.32 Å². The lowest BCUT2D eigenvalue weighted by molar-refractivity contribution is -0.208. The predicted octanol–water partition coefficient (Wildman–Crippen LogP) is 4.29. The molecule has 0 aliphatic rings. The second kappa shape index (κ2) is 12.4. The molecule has 0 fully saturated rings. The van der Waals surface area contributed by atoms with Gasteiger partial charge in [-0.1, -0.05) is 81.4 Å². The summed E-state index contributed by atoms with van der Waals surface area (Å²) in [5, 5.41) is 1.51. The maximum absolute atomic E-state index is 14.6. The number of nitrogens with two attached hydrogens (primary N) is 1. The maximum Gasteiger partial charge on any atom is 0.490 e. The molecule has 3 aromatic rings. The van der Waals surface area contributed by atoms with Gasteiger partial charge in [0.15, 0.2) is 6.10 Å². The van der Waals surface area contributed by atoms with Crippen LogP contribution in [-0.2, 0) is 18.7 Å². The Bertz CT molecular complexity index is 1180. The highest BCUT2D eigenvalue weighted by Gasteiger charge is 2.51. The molecule has 2 aromatic carbocycles. The lowest BCUT2D eigenvalue weighted by Crippen LogP contribution is -2.67. The lowest BCUT2D eigenvalue weighted by Gasteiger charge is -2.44. The van der Waals surface area contributed by atoms with Crippen LogP contribution in [0.3, 0.4) is 0 Å². The average molecular weight is 565 g/mol. The standard InChI is InChI=1S/C28H32F4N2O4Si/c1-27(2,3)39(19-12-7-5-8-13-19,20-14-9-6-10-15-20)37-18-22(36-4)23(33)25(38-26(35)28(30,31)32)24-21(29)16-11-17-34-24/h5-17,22-23,25H,18,33H2,1-4H3/t22-,23+,25?/m1/s1. The highest BCUT2D eigenvalue weighted by Crippen LogP contribution is 2.37. The smallest absolute Gasteiger partial charge is 0.447 e. The summed E-state index contributed by atoms with van der Waals surface area (Å²) in [6.45, 7) is 5.98. The van der Waals surface area contributed by atoms with E-state index in [0.29, 0.717) is 0 Å². The van der Waals surface area contributed by atoms with Crippen molar-refractivity contribution in [2.75, 3.05) is 13.7 Å². The average Bonchev–Trinajstić information content (AvgIpc) is 2.89. The highest BCUT2D eigenvalue weighted by molar-refractivity contribution is 6.99. The molecule has 11 heteroatoms. The van der Waals surface area contributed by atoms with Gasteiger partial charge in [-0.3, -0.25) is 4.98 Å². The van der Waals surface area contributed by atoms with Crippen LogP contribution in [0, 0.1) is 5.82 Å². The van der Waals surface area contributed by atoms with Crippen molar-refractivity contribution in [3.8, 4) is 0 Å². The van der Waals surface area contributed by atoms with Crippen molar-refractivity contribution in [3.05, 3.63) is 90.5 Å². The summed E-state index contributed by atoms with van der Waals surface area (Å²) in [6, 6.07) is 20.1. The van der Waals surface area contributed by atoms with E-state index in [1.807, 2.05) is 60.7 Å². The van der Waals surface area contributed by atoms with Gasteiger partial charge >= 0.3 is 12.1 Å². The van der Waals surface area contributed by atoms with Crippen molar-refractivity contribution in [1.82, 2.24) is 4.98 Å². The summed E-state index contributed by atoms with van der Waals surface area (Å²) < 4.78 is 71.0. The monoisotopic (exact) mass is 564 g/mol. The first-order chi connectivity index (χ1) is 18.3. The molecular weight excluding hydrogens is 532 g/mol. The number of carbonyl (C=O) groups is 1. The second-order valence-corrected chi connectivity index (χ2v) is 14.3. The minimum atomic E-state index is -5.32. The number of hydrogen-bond donors (Lipinski definition) is 1. The van der Waals surface area contributed by atoms with E-state index < -0.39 is 55.3 Å². The Kier molecular flexibility index (Phi) is 9.65. The van der Waals surface area contributed by atoms with Gasteiger partial charge in [0.1, 0.15) is 11.5 Å². The molecule has 0 aliphatic heterocycles. The Morgan fingerprint density at radius 3 is 1.92 bits per heavy atom. The SMILES string of the molecule is CO[C@H](CO[Si](c1ccccc1)(c1ccccc1)C(C)(C)C)[C@H](N)C(OC(=O)C(F)(F)F)c1ncccc1F. The molecule has 3 rings (SSSR count). The third-order valence-corrected chi connectivity index (χ3v) is 11.5. The zero-order chi connectivity index (χ0) is 28.8. The van der Waals surface area contributed by atoms with E-state index in [4.69, 9.17) is 14.9 Å². The van der Waals surface area contributed by atoms with Gasteiger partial charge < -0.3 is 19.6 Å². The van der Waals surface area contributed by atoms with E-state index in [9.17, 15) is 22.4 Å². The Balaban J connectivity index is 2.03. The first kappa shape index (κ1) is 30.4. The molecule has 1 heterocycles. The van der Waals surface area contributed by atoms with Crippen molar-refractivity contribution < 1.29 is 36.3 Å². The van der Waals surface area contributed by atoms with Crippen molar-refractivity contribution in [2.24, 2.45) is 5.73 Å². The molecule has 2 N–H and O–H groups in total. The van der Waals surface area contributed by atoms with Crippen LogP contribution in [0.25, 0.3) is 0 Å². The number of methoxy groups -OCH3 is 1. The highest BCUT2D eigenvalue weighted by atomic mass is 28.4. The first-order valence-corrected chi connectivity index (χ1v) is 14.2. The predicted molar refractivity (Wildman–Crippen MR) is 141 cm³/mol. The molecular formula is C28H32F4N2O4Si. The molecule has 0 radical (unpaired) electrons. The number of pyridine rings is 1. The molecule has 1 aromatic heterocycles. The molecule has 1 unspecified atom stereocenters. The normalized spacial score (nSPS) is 14.9. The third kappa shape index (κ3) is 6.72. The van der Waals surface area contributed by atoms with E-state index in [0.717, 1.165) is 16.4 Å². The van der Waals surface area contributed by atoms with Gasteiger partial charge in [-0.05, 0) is 27.5 Å². The molecule has 0 spiro atoms. The molecule has 0 aliphatic carbocycles. The number of benzene rings is 2. The van der Waals surface area contributed by atoms with Crippen molar-refractivity contribution in [2.45, 2.75) is 50.2 Å². The number of halogens is 4. The van der Waals surface area contributed by atoms with E-state index in [2.05, 4.69) is 30.5 Å². The molecule has 39 heavy (non-hydrogen) atoms. The number of hydrogen-bond acceptors (Lipinski definition) is 6. The number of alkyl halides is 3. The Morgan fingerprint density at radius 1 is 0.949 bits per heavy atom. The Labute approximate surface area is 226 Å². The summed E-state index contributed by atoms with van der Waals surface area (Å²) in [6.07, 6.45) is -7.15. The van der Waals surface area contributed by atoms with Gasteiger partial charge in [0.2, 0.25) is 0 Å². The van der Waals surface area contributed by atoms with Crippen LogP contribution in [0.5, 0.6) is 0 Å². The summed E-state index contributed by atoms with van der Waals surface area (Å²) in [5.74, 6) is -3.49. The topological polar surface area (TPSA) is 83.7 Å². The van der Waals surface area contributed by atoms with Gasteiger partial charge in [-0.15, -0.1) is 0 Å². The lowest BCUT2D eigenvalue weighted by atomic mass is 10.0. The van der Waals surface area contributed by atoms with Crippen LogP contribution in [0.15, 0.2) is 79.0 Å². The quantitative estimate of drug-likeness (QED) is 0.225. The maximum atomic E-state index is 14.6. The molecule has 210 valence electrons. The molecule has 0 saturated heterocycles. The van der Waals surface area contributed by atoms with Crippen molar-refractivity contribution >= 4 is 24.7 Å². The van der Waals surface area contributed by atoms with Gasteiger partial charge in [0, 0.05) is 13.3 Å². The van der Waals surface area contributed by atoms with Crippen LogP contribution in [0.1, 0.15) is 32.6 Å². The second-order valence-electron chi connectivity index (χ2n) is 10.0. The number of nitrogens with zero attached hydrogens (tertiary/aromatic N) is 1. The third-order valence-electron chi connectivity index (χ3n) is 6.48. The van der Waals surface area contributed by atoms with E-state index in [1.165, 1.54) is 19.4 Å².